The van der Waals surface area contributed by atoms with Crippen molar-refractivity contribution in [2.24, 2.45) is 0 Å². The summed E-state index contributed by atoms with van der Waals surface area (Å²) in [6.07, 6.45) is 2.61. The van der Waals surface area contributed by atoms with Crippen LogP contribution in [0.1, 0.15) is 32.6 Å². The van der Waals surface area contributed by atoms with Crippen LogP contribution < -0.4 is 25.0 Å². The van der Waals surface area contributed by atoms with Crippen molar-refractivity contribution >= 4 is 40.7 Å². The van der Waals surface area contributed by atoms with Crippen LogP contribution in [0.5, 0.6) is 11.5 Å². The maximum atomic E-state index is 12.9. The molecule has 2 aromatic carbocycles. The SMILES string of the molecule is CCN1CC(C(=O)N[C@H]2CC[C@H](NC(=O)COc3ccc(Cl)cc3)CC2)Oc2ccc(Cl)cc21. The summed E-state index contributed by atoms with van der Waals surface area (Å²) in [4.78, 5) is 27.3. The van der Waals surface area contributed by atoms with E-state index in [2.05, 4.69) is 15.5 Å². The standard InChI is InChI=1S/C25H29Cl2N3O4/c1-2-30-14-23(34-22-12-5-17(27)13-21(22)30)25(32)29-19-8-6-18(7-9-19)28-24(31)15-33-20-10-3-16(26)4-11-20/h3-5,10-13,18-19,23H,2,6-9,14-15H2,1H3,(H,28,31)(H,29,32)/t18-,19-,23?. The van der Waals surface area contributed by atoms with Gasteiger partial charge in [-0.05, 0) is 75.1 Å². The molecule has 2 aromatic rings. The molecule has 2 amide bonds. The van der Waals surface area contributed by atoms with E-state index in [0.29, 0.717) is 28.1 Å². The summed E-state index contributed by atoms with van der Waals surface area (Å²) in [5, 5.41) is 7.42. The molecule has 0 spiro atoms. The molecule has 1 aliphatic heterocycles. The third-order valence-corrected chi connectivity index (χ3v) is 6.70. The lowest BCUT2D eigenvalue weighted by molar-refractivity contribution is -0.129. The molecule has 1 atom stereocenters. The maximum Gasteiger partial charge on any atom is 0.263 e. The van der Waals surface area contributed by atoms with E-state index in [-0.39, 0.29) is 30.5 Å². The number of ether oxygens (including phenoxy) is 2. The number of nitrogens with zero attached hydrogens (tertiary/aromatic N) is 1. The van der Waals surface area contributed by atoms with E-state index in [1.165, 1.54) is 0 Å². The van der Waals surface area contributed by atoms with Crippen molar-refractivity contribution in [1.82, 2.24) is 10.6 Å². The van der Waals surface area contributed by atoms with Crippen molar-refractivity contribution in [3.8, 4) is 11.5 Å². The van der Waals surface area contributed by atoms with Gasteiger partial charge in [0.1, 0.15) is 11.5 Å². The van der Waals surface area contributed by atoms with Gasteiger partial charge in [0.25, 0.3) is 11.8 Å². The number of anilines is 1. The Morgan fingerprint density at radius 2 is 1.65 bits per heavy atom. The average Bonchev–Trinajstić information content (AvgIpc) is 2.84. The molecule has 7 nitrogen and oxygen atoms in total. The molecular formula is C25H29Cl2N3O4. The molecule has 2 N–H and O–H groups in total. The molecule has 0 radical (unpaired) electrons. The third kappa shape index (κ3) is 6.27. The highest BCUT2D eigenvalue weighted by Crippen LogP contribution is 2.35. The summed E-state index contributed by atoms with van der Waals surface area (Å²) in [7, 11) is 0. The number of benzene rings is 2. The van der Waals surface area contributed by atoms with Gasteiger partial charge in [-0.3, -0.25) is 9.59 Å². The number of amides is 2. The summed E-state index contributed by atoms with van der Waals surface area (Å²) in [5.41, 5.74) is 0.912. The average molecular weight is 506 g/mol. The number of hydrogen-bond donors (Lipinski definition) is 2. The van der Waals surface area contributed by atoms with Crippen molar-refractivity contribution < 1.29 is 19.1 Å². The highest BCUT2D eigenvalue weighted by molar-refractivity contribution is 6.31. The van der Waals surface area contributed by atoms with E-state index in [1.807, 2.05) is 19.1 Å². The van der Waals surface area contributed by atoms with Gasteiger partial charge >= 0.3 is 0 Å². The van der Waals surface area contributed by atoms with E-state index in [4.69, 9.17) is 32.7 Å². The van der Waals surface area contributed by atoms with Gasteiger partial charge in [-0.15, -0.1) is 0 Å². The Labute approximate surface area is 209 Å². The second-order valence-corrected chi connectivity index (χ2v) is 9.50. The third-order valence-electron chi connectivity index (χ3n) is 6.21. The lowest BCUT2D eigenvalue weighted by Crippen LogP contribution is -2.52. The number of hydrogen-bond acceptors (Lipinski definition) is 5. The van der Waals surface area contributed by atoms with E-state index >= 15 is 0 Å². The normalized spacial score (nSPS) is 21.7. The second kappa shape index (κ2) is 11.2. The van der Waals surface area contributed by atoms with Crippen LogP contribution in [0.25, 0.3) is 0 Å². The molecule has 2 aliphatic rings. The van der Waals surface area contributed by atoms with Crippen LogP contribution in [0.15, 0.2) is 42.5 Å². The van der Waals surface area contributed by atoms with Crippen LogP contribution in [0.4, 0.5) is 5.69 Å². The monoisotopic (exact) mass is 505 g/mol. The fourth-order valence-electron chi connectivity index (χ4n) is 4.39. The van der Waals surface area contributed by atoms with Crippen molar-refractivity contribution in [3.05, 3.63) is 52.5 Å². The van der Waals surface area contributed by atoms with Crippen LogP contribution >= 0.6 is 23.2 Å². The largest absolute Gasteiger partial charge is 0.484 e. The second-order valence-electron chi connectivity index (χ2n) is 8.62. The van der Waals surface area contributed by atoms with Gasteiger partial charge in [-0.1, -0.05) is 23.2 Å². The molecule has 1 saturated carbocycles. The minimum Gasteiger partial charge on any atom is -0.484 e. The quantitative estimate of drug-likeness (QED) is 0.589. The Morgan fingerprint density at radius 3 is 2.32 bits per heavy atom. The minimum atomic E-state index is -0.573. The predicted octanol–water partition coefficient (Wildman–Crippen LogP) is 4.20. The zero-order valence-corrected chi connectivity index (χ0v) is 20.6. The summed E-state index contributed by atoms with van der Waals surface area (Å²) < 4.78 is 11.5. The van der Waals surface area contributed by atoms with Gasteiger partial charge in [0, 0.05) is 28.7 Å². The van der Waals surface area contributed by atoms with E-state index in [9.17, 15) is 9.59 Å². The minimum absolute atomic E-state index is 0.0437. The molecule has 0 saturated heterocycles. The smallest absolute Gasteiger partial charge is 0.263 e. The topological polar surface area (TPSA) is 79.9 Å². The van der Waals surface area contributed by atoms with Crippen LogP contribution in [0.2, 0.25) is 10.0 Å². The first-order chi connectivity index (χ1) is 16.4. The van der Waals surface area contributed by atoms with Gasteiger partial charge in [0.05, 0.1) is 12.2 Å². The molecule has 182 valence electrons. The molecule has 0 bridgehead atoms. The van der Waals surface area contributed by atoms with Crippen LogP contribution in [-0.2, 0) is 9.59 Å². The number of carbonyl (C=O) groups is 2. The number of halogens is 2. The fraction of sp³-hybridized carbons (Fsp3) is 0.440. The summed E-state index contributed by atoms with van der Waals surface area (Å²) in [6, 6.07) is 12.5. The highest BCUT2D eigenvalue weighted by Gasteiger charge is 2.32. The van der Waals surface area contributed by atoms with Crippen molar-refractivity contribution in [1.29, 1.82) is 0 Å². The van der Waals surface area contributed by atoms with Gasteiger partial charge in [-0.25, -0.2) is 0 Å². The van der Waals surface area contributed by atoms with Gasteiger partial charge in [0.2, 0.25) is 0 Å². The van der Waals surface area contributed by atoms with Gasteiger partial charge < -0.3 is 25.0 Å². The first kappa shape index (κ1) is 24.5. The zero-order chi connectivity index (χ0) is 24.1. The van der Waals surface area contributed by atoms with Gasteiger partial charge in [-0.2, -0.15) is 0 Å². The molecule has 34 heavy (non-hydrogen) atoms. The first-order valence-corrected chi connectivity index (χ1v) is 12.4. The Bertz CT molecular complexity index is 1010. The molecular weight excluding hydrogens is 477 g/mol. The Balaban J connectivity index is 1.21. The van der Waals surface area contributed by atoms with Gasteiger partial charge in [0.15, 0.2) is 12.7 Å². The highest BCUT2D eigenvalue weighted by atomic mass is 35.5. The molecule has 1 heterocycles. The zero-order valence-electron chi connectivity index (χ0n) is 19.1. The first-order valence-electron chi connectivity index (χ1n) is 11.6. The summed E-state index contributed by atoms with van der Waals surface area (Å²) >= 11 is 12.0. The molecule has 1 unspecified atom stereocenters. The lowest BCUT2D eigenvalue weighted by Gasteiger charge is -2.36. The maximum absolute atomic E-state index is 12.9. The fourth-order valence-corrected chi connectivity index (χ4v) is 4.68. The Kier molecular flexibility index (Phi) is 8.06. The van der Waals surface area contributed by atoms with Crippen molar-refractivity contribution in [3.63, 3.8) is 0 Å². The Hall–Kier alpha value is -2.64. The Morgan fingerprint density at radius 1 is 1.00 bits per heavy atom. The molecule has 0 aromatic heterocycles. The number of nitrogens with one attached hydrogen (secondary N) is 2. The van der Waals surface area contributed by atoms with Crippen molar-refractivity contribution in [2.75, 3.05) is 24.6 Å². The van der Waals surface area contributed by atoms with E-state index in [1.54, 1.807) is 30.3 Å². The molecule has 1 fully saturated rings. The summed E-state index contributed by atoms with van der Waals surface area (Å²) in [5.74, 6) is 1.01. The number of fused-ring (bicyclic) bond motifs is 1. The molecule has 1 aliphatic carbocycles. The number of carbonyl (C=O) groups excluding carboxylic acids is 2. The van der Waals surface area contributed by atoms with Crippen LogP contribution in [-0.4, -0.2) is 49.7 Å². The number of rotatable bonds is 7. The van der Waals surface area contributed by atoms with Crippen molar-refractivity contribution in [2.45, 2.75) is 50.8 Å². The number of likely N-dealkylation sites (N-methyl/N-ethyl adjacent to an activating group) is 1. The predicted molar refractivity (Wildman–Crippen MR) is 133 cm³/mol. The molecule has 4 rings (SSSR count). The van der Waals surface area contributed by atoms with E-state index in [0.717, 1.165) is 37.9 Å². The summed E-state index contributed by atoms with van der Waals surface area (Å²) in [6.45, 7) is 3.24. The van der Waals surface area contributed by atoms with E-state index < -0.39 is 6.10 Å². The van der Waals surface area contributed by atoms with Crippen LogP contribution in [0.3, 0.4) is 0 Å². The molecule has 9 heteroatoms. The van der Waals surface area contributed by atoms with Crippen LogP contribution in [0, 0.1) is 0 Å². The lowest BCUT2D eigenvalue weighted by atomic mass is 9.91.